The molecule has 1 atom stereocenters. The van der Waals surface area contributed by atoms with Crippen LogP contribution in [-0.2, 0) is 0 Å². The van der Waals surface area contributed by atoms with Gasteiger partial charge < -0.3 is 0 Å². The van der Waals surface area contributed by atoms with Crippen LogP contribution in [0.4, 0.5) is 0 Å². The molecule has 126 valence electrons. The molecule has 1 aromatic rings. The van der Waals surface area contributed by atoms with Gasteiger partial charge in [0.15, 0.2) is 0 Å². The smallest absolute Gasteiger partial charge is 0.0165 e. The SMILES string of the molecule is CCCCCCCCCCCCCC(CC)c1ccccc1. The van der Waals surface area contributed by atoms with E-state index in [1.807, 2.05) is 0 Å². The minimum atomic E-state index is 0.778. The average molecular weight is 303 g/mol. The number of hydrogen-bond donors (Lipinski definition) is 0. The molecule has 0 aliphatic rings. The lowest BCUT2D eigenvalue weighted by Crippen LogP contribution is -1.97. The van der Waals surface area contributed by atoms with E-state index in [4.69, 9.17) is 0 Å². The highest BCUT2D eigenvalue weighted by atomic mass is 14.1. The summed E-state index contributed by atoms with van der Waals surface area (Å²) in [6.07, 6.45) is 18.5. The van der Waals surface area contributed by atoms with E-state index in [9.17, 15) is 0 Å². The van der Waals surface area contributed by atoms with E-state index in [0.717, 1.165) is 5.92 Å². The summed E-state index contributed by atoms with van der Waals surface area (Å²) in [6.45, 7) is 4.62. The van der Waals surface area contributed by atoms with Crippen LogP contribution in [0, 0.1) is 0 Å². The zero-order valence-electron chi connectivity index (χ0n) is 15.2. The number of unbranched alkanes of at least 4 members (excludes halogenated alkanes) is 10. The maximum absolute atomic E-state index is 2.33. The molecule has 0 spiro atoms. The summed E-state index contributed by atoms with van der Waals surface area (Å²) in [5.41, 5.74) is 1.54. The molecule has 0 saturated heterocycles. The Balaban J connectivity index is 1.94. The van der Waals surface area contributed by atoms with Crippen molar-refractivity contribution in [2.24, 2.45) is 0 Å². The molecular weight excluding hydrogens is 264 g/mol. The fourth-order valence-corrected chi connectivity index (χ4v) is 3.39. The molecule has 22 heavy (non-hydrogen) atoms. The van der Waals surface area contributed by atoms with Gasteiger partial charge in [-0.05, 0) is 24.3 Å². The van der Waals surface area contributed by atoms with Gasteiger partial charge in [-0.3, -0.25) is 0 Å². The Kier molecular flexibility index (Phi) is 12.1. The molecule has 1 rings (SSSR count). The quantitative estimate of drug-likeness (QED) is 0.306. The van der Waals surface area contributed by atoms with Crippen LogP contribution in [0.2, 0.25) is 0 Å². The summed E-state index contributed by atoms with van der Waals surface area (Å²) in [7, 11) is 0. The van der Waals surface area contributed by atoms with E-state index in [-0.39, 0.29) is 0 Å². The predicted molar refractivity (Wildman–Crippen MR) is 101 cm³/mol. The second-order valence-electron chi connectivity index (χ2n) is 6.84. The van der Waals surface area contributed by atoms with Crippen molar-refractivity contribution in [1.29, 1.82) is 0 Å². The highest BCUT2D eigenvalue weighted by molar-refractivity contribution is 5.19. The van der Waals surface area contributed by atoms with Crippen LogP contribution in [-0.4, -0.2) is 0 Å². The highest BCUT2D eigenvalue weighted by Gasteiger charge is 2.07. The van der Waals surface area contributed by atoms with E-state index in [1.54, 1.807) is 0 Å². The van der Waals surface area contributed by atoms with Gasteiger partial charge in [0.05, 0.1) is 0 Å². The van der Waals surface area contributed by atoms with Crippen molar-refractivity contribution in [2.75, 3.05) is 0 Å². The van der Waals surface area contributed by atoms with Crippen LogP contribution < -0.4 is 0 Å². The molecular formula is C22H38. The topological polar surface area (TPSA) is 0 Å². The maximum atomic E-state index is 2.33. The van der Waals surface area contributed by atoms with Crippen LogP contribution in [0.1, 0.15) is 109 Å². The molecule has 1 unspecified atom stereocenters. The van der Waals surface area contributed by atoms with E-state index >= 15 is 0 Å². The summed E-state index contributed by atoms with van der Waals surface area (Å²) < 4.78 is 0. The first-order chi connectivity index (χ1) is 10.9. The summed E-state index contributed by atoms with van der Waals surface area (Å²) in [4.78, 5) is 0. The standard InChI is InChI=1S/C22H38/c1-3-5-6-7-8-9-10-11-12-13-15-18-21(4-2)22-19-16-14-17-20-22/h14,16-17,19-21H,3-13,15,18H2,1-2H3. The third-order valence-corrected chi connectivity index (χ3v) is 4.92. The fraction of sp³-hybridized carbons (Fsp3) is 0.727. The molecule has 1 aromatic carbocycles. The molecule has 0 heterocycles. The molecule has 0 nitrogen and oxygen atoms in total. The third-order valence-electron chi connectivity index (χ3n) is 4.92. The normalized spacial score (nSPS) is 12.5. The van der Waals surface area contributed by atoms with Gasteiger partial charge >= 0.3 is 0 Å². The largest absolute Gasteiger partial charge is 0.0654 e. The molecule has 0 aliphatic heterocycles. The van der Waals surface area contributed by atoms with Crippen molar-refractivity contribution in [3.63, 3.8) is 0 Å². The van der Waals surface area contributed by atoms with Gasteiger partial charge in [-0.1, -0.05) is 115 Å². The van der Waals surface area contributed by atoms with E-state index in [2.05, 4.69) is 44.2 Å². The van der Waals surface area contributed by atoms with Crippen molar-refractivity contribution < 1.29 is 0 Å². The number of benzene rings is 1. The first-order valence-corrected chi connectivity index (χ1v) is 9.93. The molecule has 0 N–H and O–H groups in total. The predicted octanol–water partition coefficient (Wildman–Crippen LogP) is 7.88. The summed E-state index contributed by atoms with van der Waals surface area (Å²) in [6, 6.07) is 11.1. The Hall–Kier alpha value is -0.780. The number of rotatable bonds is 14. The molecule has 0 aliphatic carbocycles. The van der Waals surface area contributed by atoms with Crippen LogP contribution in [0.25, 0.3) is 0 Å². The van der Waals surface area contributed by atoms with Crippen LogP contribution >= 0.6 is 0 Å². The Morgan fingerprint density at radius 1 is 0.636 bits per heavy atom. The van der Waals surface area contributed by atoms with Crippen LogP contribution in [0.5, 0.6) is 0 Å². The van der Waals surface area contributed by atoms with Crippen LogP contribution in [0.15, 0.2) is 30.3 Å². The molecule has 0 aromatic heterocycles. The van der Waals surface area contributed by atoms with Gasteiger partial charge in [-0.15, -0.1) is 0 Å². The third kappa shape index (κ3) is 9.28. The Morgan fingerprint density at radius 2 is 1.14 bits per heavy atom. The van der Waals surface area contributed by atoms with Crippen molar-refractivity contribution >= 4 is 0 Å². The van der Waals surface area contributed by atoms with Crippen molar-refractivity contribution in [1.82, 2.24) is 0 Å². The second-order valence-corrected chi connectivity index (χ2v) is 6.84. The first-order valence-electron chi connectivity index (χ1n) is 9.93. The monoisotopic (exact) mass is 302 g/mol. The number of hydrogen-bond acceptors (Lipinski definition) is 0. The molecule has 0 heteroatoms. The Labute approximate surface area is 139 Å². The average Bonchev–Trinajstić information content (AvgIpc) is 2.57. The first kappa shape index (κ1) is 19.3. The zero-order chi connectivity index (χ0) is 15.9. The summed E-state index contributed by atoms with van der Waals surface area (Å²) >= 11 is 0. The maximum Gasteiger partial charge on any atom is -0.0165 e. The van der Waals surface area contributed by atoms with Gasteiger partial charge in [0.1, 0.15) is 0 Å². The molecule has 0 radical (unpaired) electrons. The van der Waals surface area contributed by atoms with Gasteiger partial charge in [0.25, 0.3) is 0 Å². The Morgan fingerprint density at radius 3 is 1.64 bits per heavy atom. The van der Waals surface area contributed by atoms with Crippen LogP contribution in [0.3, 0.4) is 0 Å². The molecule has 0 saturated carbocycles. The van der Waals surface area contributed by atoms with Gasteiger partial charge in [-0.2, -0.15) is 0 Å². The second kappa shape index (κ2) is 13.9. The Bertz CT molecular complexity index is 327. The van der Waals surface area contributed by atoms with E-state index in [0.29, 0.717) is 0 Å². The lowest BCUT2D eigenvalue weighted by atomic mass is 9.91. The summed E-state index contributed by atoms with van der Waals surface area (Å²) in [5.74, 6) is 0.778. The lowest BCUT2D eigenvalue weighted by Gasteiger charge is -2.15. The van der Waals surface area contributed by atoms with Gasteiger partial charge in [-0.25, -0.2) is 0 Å². The minimum absolute atomic E-state index is 0.778. The van der Waals surface area contributed by atoms with Crippen molar-refractivity contribution in [3.05, 3.63) is 35.9 Å². The summed E-state index contributed by atoms with van der Waals surface area (Å²) in [5, 5.41) is 0. The molecule has 0 fully saturated rings. The minimum Gasteiger partial charge on any atom is -0.0654 e. The zero-order valence-corrected chi connectivity index (χ0v) is 15.2. The van der Waals surface area contributed by atoms with Gasteiger partial charge in [0, 0.05) is 0 Å². The highest BCUT2D eigenvalue weighted by Crippen LogP contribution is 2.25. The lowest BCUT2D eigenvalue weighted by molar-refractivity contribution is 0.516. The molecule has 0 amide bonds. The van der Waals surface area contributed by atoms with E-state index < -0.39 is 0 Å². The molecule has 0 bridgehead atoms. The fourth-order valence-electron chi connectivity index (χ4n) is 3.39. The van der Waals surface area contributed by atoms with Crippen molar-refractivity contribution in [2.45, 2.75) is 103 Å². The van der Waals surface area contributed by atoms with E-state index in [1.165, 1.54) is 89.0 Å². The van der Waals surface area contributed by atoms with Crippen molar-refractivity contribution in [3.8, 4) is 0 Å². The van der Waals surface area contributed by atoms with Gasteiger partial charge in [0.2, 0.25) is 0 Å².